The van der Waals surface area contributed by atoms with Crippen LogP contribution in [0.15, 0.2) is 85.2 Å². The predicted molar refractivity (Wildman–Crippen MR) is 120 cm³/mol. The van der Waals surface area contributed by atoms with E-state index in [2.05, 4.69) is 58.0 Å². The molecule has 0 bridgehead atoms. The van der Waals surface area contributed by atoms with Gasteiger partial charge in [0.2, 0.25) is 0 Å². The number of aromatic nitrogens is 3. The average Bonchev–Trinajstić information content (AvgIpc) is 3.20. The molecule has 3 heterocycles. The number of dihydropyridines is 1. The molecule has 2 aromatic carbocycles. The van der Waals surface area contributed by atoms with Gasteiger partial charge in [-0.15, -0.1) is 0 Å². The number of nitrogens with one attached hydrogen (secondary N) is 1. The molecule has 0 amide bonds. The van der Waals surface area contributed by atoms with Crippen LogP contribution in [0.4, 0.5) is 0 Å². The second-order valence-electron chi connectivity index (χ2n) is 7.27. The van der Waals surface area contributed by atoms with E-state index < -0.39 is 0 Å². The van der Waals surface area contributed by atoms with Crippen LogP contribution in [-0.4, -0.2) is 21.3 Å². The van der Waals surface area contributed by atoms with Crippen LogP contribution in [0.3, 0.4) is 0 Å². The molecule has 30 heavy (non-hydrogen) atoms. The minimum absolute atomic E-state index is 0.434. The Morgan fingerprint density at radius 3 is 2.73 bits per heavy atom. The third kappa shape index (κ3) is 3.70. The smallest absolute Gasteiger partial charge is 0.130 e. The van der Waals surface area contributed by atoms with E-state index in [1.165, 1.54) is 5.57 Å². The van der Waals surface area contributed by atoms with E-state index in [0.29, 0.717) is 6.61 Å². The van der Waals surface area contributed by atoms with E-state index >= 15 is 0 Å². The van der Waals surface area contributed by atoms with Gasteiger partial charge in [-0.05, 0) is 54.2 Å². The molecule has 0 atom stereocenters. The molecule has 1 aliphatic rings. The maximum absolute atomic E-state index is 5.96. The Hall–Kier alpha value is -3.86. The molecule has 0 fully saturated rings. The van der Waals surface area contributed by atoms with Crippen LogP contribution in [-0.2, 0) is 13.7 Å². The monoisotopic (exact) mass is 394 g/mol. The topological polar surface area (TPSA) is 52.0 Å². The Bertz CT molecular complexity index is 1250. The number of fused-ring (bicyclic) bond motifs is 1. The van der Waals surface area contributed by atoms with Gasteiger partial charge in [0.25, 0.3) is 0 Å². The van der Waals surface area contributed by atoms with Crippen LogP contribution < -0.4 is 10.1 Å². The summed E-state index contributed by atoms with van der Waals surface area (Å²) >= 11 is 0. The molecule has 5 rings (SSSR count). The Labute approximate surface area is 175 Å². The molecule has 0 spiro atoms. The van der Waals surface area contributed by atoms with Crippen molar-refractivity contribution in [3.05, 3.63) is 96.5 Å². The molecule has 1 aliphatic heterocycles. The second kappa shape index (κ2) is 7.87. The summed E-state index contributed by atoms with van der Waals surface area (Å²) < 4.78 is 7.82. The van der Waals surface area contributed by atoms with E-state index in [9.17, 15) is 0 Å². The van der Waals surface area contributed by atoms with Crippen molar-refractivity contribution in [2.45, 2.75) is 6.61 Å². The number of para-hydroxylation sites is 1. The summed E-state index contributed by atoms with van der Waals surface area (Å²) in [6, 6.07) is 20.3. The predicted octanol–water partition coefficient (Wildman–Crippen LogP) is 4.71. The summed E-state index contributed by atoms with van der Waals surface area (Å²) in [4.78, 5) is 4.67. The number of benzene rings is 2. The third-order valence-electron chi connectivity index (χ3n) is 5.13. The molecule has 0 unspecified atom stereocenters. The first-order valence-electron chi connectivity index (χ1n) is 9.98. The number of nitrogens with zero attached hydrogens (tertiary/aromatic N) is 3. The Morgan fingerprint density at radius 2 is 1.90 bits per heavy atom. The molecule has 5 heteroatoms. The number of aryl methyl sites for hydroxylation is 1. The minimum Gasteiger partial charge on any atom is -0.487 e. The molecule has 148 valence electrons. The van der Waals surface area contributed by atoms with Crippen molar-refractivity contribution in [2.24, 2.45) is 7.05 Å². The molecule has 0 aliphatic carbocycles. The van der Waals surface area contributed by atoms with E-state index in [0.717, 1.165) is 45.7 Å². The average molecular weight is 394 g/mol. The molecule has 4 aromatic rings. The first-order valence-corrected chi connectivity index (χ1v) is 9.98. The zero-order chi connectivity index (χ0) is 20.3. The maximum atomic E-state index is 5.96. The number of hydrogen-bond donors (Lipinski definition) is 1. The fourth-order valence-corrected chi connectivity index (χ4v) is 3.62. The molecule has 5 nitrogen and oxygen atoms in total. The van der Waals surface area contributed by atoms with Crippen molar-refractivity contribution in [1.29, 1.82) is 0 Å². The summed E-state index contributed by atoms with van der Waals surface area (Å²) in [7, 11) is 1.95. The minimum atomic E-state index is 0.434. The fraction of sp³-hybridized carbons (Fsp3) is 0.120. The fourth-order valence-electron chi connectivity index (χ4n) is 3.62. The van der Waals surface area contributed by atoms with Crippen molar-refractivity contribution in [1.82, 2.24) is 20.1 Å². The maximum Gasteiger partial charge on any atom is 0.130 e. The molecule has 1 N–H and O–H groups in total. The molecular formula is C25H22N4O. The van der Waals surface area contributed by atoms with Gasteiger partial charge in [-0.2, -0.15) is 5.10 Å². The van der Waals surface area contributed by atoms with Crippen molar-refractivity contribution < 1.29 is 4.74 Å². The largest absolute Gasteiger partial charge is 0.487 e. The highest BCUT2D eigenvalue weighted by molar-refractivity contribution is 5.84. The standard InChI is InChI=1S/C25H22N4O/c1-29-16-23(18-12-14-26-15-13-18)25(28-29)20-7-10-22(11-8-20)30-17-21-9-6-19-4-2-3-5-24(19)27-21/h2-14,16,26H,15,17H2,1H3. The lowest BCUT2D eigenvalue weighted by Crippen LogP contribution is -2.08. The van der Waals surface area contributed by atoms with Crippen molar-refractivity contribution in [2.75, 3.05) is 6.54 Å². The Kier molecular flexibility index (Phi) is 4.77. The summed E-state index contributed by atoms with van der Waals surface area (Å²) in [5, 5.41) is 9.00. The normalized spacial score (nSPS) is 13.2. The van der Waals surface area contributed by atoms with Gasteiger partial charge >= 0.3 is 0 Å². The number of hydrogen-bond acceptors (Lipinski definition) is 4. The molecule has 0 saturated carbocycles. The number of pyridine rings is 1. The highest BCUT2D eigenvalue weighted by Crippen LogP contribution is 2.30. The van der Waals surface area contributed by atoms with Crippen LogP contribution in [0.5, 0.6) is 5.75 Å². The van der Waals surface area contributed by atoms with Crippen LogP contribution in [0.2, 0.25) is 0 Å². The van der Waals surface area contributed by atoms with E-state index in [4.69, 9.17) is 4.74 Å². The van der Waals surface area contributed by atoms with Gasteiger partial charge in [0.1, 0.15) is 18.1 Å². The third-order valence-corrected chi connectivity index (χ3v) is 5.13. The van der Waals surface area contributed by atoms with Crippen LogP contribution in [0.1, 0.15) is 11.3 Å². The zero-order valence-electron chi connectivity index (χ0n) is 16.7. The van der Waals surface area contributed by atoms with Gasteiger partial charge in [-0.25, -0.2) is 4.98 Å². The van der Waals surface area contributed by atoms with Gasteiger partial charge in [-0.1, -0.05) is 30.3 Å². The first kappa shape index (κ1) is 18.2. The van der Waals surface area contributed by atoms with E-state index in [-0.39, 0.29) is 0 Å². The molecule has 0 radical (unpaired) electrons. The molecule has 0 saturated heterocycles. The summed E-state index contributed by atoms with van der Waals surface area (Å²) in [5.74, 6) is 0.812. The van der Waals surface area contributed by atoms with Crippen LogP contribution >= 0.6 is 0 Å². The second-order valence-corrected chi connectivity index (χ2v) is 7.27. The SMILES string of the molecule is Cn1cc(C2=CCNC=C2)c(-c2ccc(OCc3ccc4ccccc4n3)cc2)n1. The lowest BCUT2D eigenvalue weighted by molar-refractivity contribution is 0.302. The highest BCUT2D eigenvalue weighted by Gasteiger charge is 2.14. The van der Waals surface area contributed by atoms with E-state index in [1.54, 1.807) is 0 Å². The van der Waals surface area contributed by atoms with Gasteiger partial charge in [-0.3, -0.25) is 4.68 Å². The summed E-state index contributed by atoms with van der Waals surface area (Å²) in [6.07, 6.45) is 8.29. The number of ether oxygens (including phenoxy) is 1. The molecular weight excluding hydrogens is 372 g/mol. The van der Waals surface area contributed by atoms with Crippen LogP contribution in [0.25, 0.3) is 27.7 Å². The van der Waals surface area contributed by atoms with Gasteiger partial charge < -0.3 is 10.1 Å². The Balaban J connectivity index is 1.33. The van der Waals surface area contributed by atoms with Gasteiger partial charge in [0.05, 0.1) is 11.2 Å². The highest BCUT2D eigenvalue weighted by atomic mass is 16.5. The lowest BCUT2D eigenvalue weighted by atomic mass is 10.0. The Morgan fingerprint density at radius 1 is 1.03 bits per heavy atom. The van der Waals surface area contributed by atoms with Crippen molar-refractivity contribution in [3.63, 3.8) is 0 Å². The first-order chi connectivity index (χ1) is 14.8. The van der Waals surface area contributed by atoms with E-state index in [1.807, 2.05) is 54.3 Å². The summed E-state index contributed by atoms with van der Waals surface area (Å²) in [6.45, 7) is 1.26. The van der Waals surface area contributed by atoms with Crippen LogP contribution in [0, 0.1) is 0 Å². The van der Waals surface area contributed by atoms with Crippen molar-refractivity contribution >= 4 is 16.5 Å². The van der Waals surface area contributed by atoms with Gasteiger partial charge in [0.15, 0.2) is 0 Å². The number of rotatable bonds is 5. The van der Waals surface area contributed by atoms with Gasteiger partial charge in [0, 0.05) is 36.3 Å². The van der Waals surface area contributed by atoms with Crippen molar-refractivity contribution in [3.8, 4) is 17.0 Å². The quantitative estimate of drug-likeness (QED) is 0.532. The number of allylic oxidation sites excluding steroid dienone is 2. The lowest BCUT2D eigenvalue weighted by Gasteiger charge is -2.10. The zero-order valence-corrected chi connectivity index (χ0v) is 16.7. The summed E-state index contributed by atoms with van der Waals surface area (Å²) in [5.41, 5.74) is 6.24. The molecule has 2 aromatic heterocycles.